The van der Waals surface area contributed by atoms with Crippen LogP contribution in [0, 0.1) is 0 Å². The quantitative estimate of drug-likeness (QED) is 0.592. The van der Waals surface area contributed by atoms with Crippen molar-refractivity contribution in [3.63, 3.8) is 0 Å². The number of aromatic nitrogens is 2. The van der Waals surface area contributed by atoms with Gasteiger partial charge in [-0.15, -0.1) is 0 Å². The molecule has 1 aromatic heterocycles. The lowest BCUT2D eigenvalue weighted by molar-refractivity contribution is -0.133. The molecule has 0 radical (unpaired) electrons. The van der Waals surface area contributed by atoms with E-state index >= 15 is 0 Å². The molecular weight excluding hydrogens is 446 g/mol. The van der Waals surface area contributed by atoms with Gasteiger partial charge in [0.15, 0.2) is 5.69 Å². The summed E-state index contributed by atoms with van der Waals surface area (Å²) >= 11 is 0. The van der Waals surface area contributed by atoms with Crippen LogP contribution in [0.1, 0.15) is 72.0 Å². The minimum Gasteiger partial charge on any atom is -0.496 e. The number of para-hydroxylation sites is 1. The van der Waals surface area contributed by atoms with Gasteiger partial charge < -0.3 is 20.3 Å². The maximum atomic E-state index is 13.3. The molecule has 35 heavy (non-hydrogen) atoms. The van der Waals surface area contributed by atoms with Gasteiger partial charge in [-0.2, -0.15) is 5.10 Å². The fraction of sp³-hybridized carbons (Fsp3) is 0.538. The molecule has 3 amide bonds. The molecule has 1 fully saturated rings. The van der Waals surface area contributed by atoms with Crippen LogP contribution in [-0.4, -0.2) is 64.7 Å². The Morgan fingerprint density at radius 2 is 1.89 bits per heavy atom. The molecule has 0 bridgehead atoms. The van der Waals surface area contributed by atoms with Gasteiger partial charge in [0.25, 0.3) is 11.8 Å². The fourth-order valence-corrected chi connectivity index (χ4v) is 4.91. The summed E-state index contributed by atoms with van der Waals surface area (Å²) in [7, 11) is 3.25. The minimum atomic E-state index is -1.08. The minimum absolute atomic E-state index is 0.133. The van der Waals surface area contributed by atoms with Gasteiger partial charge in [-0.3, -0.25) is 19.1 Å². The van der Waals surface area contributed by atoms with E-state index in [1.165, 1.54) is 28.5 Å². The van der Waals surface area contributed by atoms with Gasteiger partial charge in [0.2, 0.25) is 5.91 Å². The first-order valence-electron chi connectivity index (χ1n) is 12.4. The molecule has 1 aromatic carbocycles. The molecule has 1 atom stereocenters. The molecule has 2 aliphatic rings. The molecule has 1 saturated carbocycles. The van der Waals surface area contributed by atoms with Gasteiger partial charge in [-0.1, -0.05) is 43.9 Å². The highest BCUT2D eigenvalue weighted by molar-refractivity contribution is 6.01. The largest absolute Gasteiger partial charge is 0.496 e. The highest BCUT2D eigenvalue weighted by Gasteiger charge is 2.46. The Kier molecular flexibility index (Phi) is 7.42. The zero-order valence-corrected chi connectivity index (χ0v) is 20.8. The predicted molar refractivity (Wildman–Crippen MR) is 131 cm³/mol. The van der Waals surface area contributed by atoms with Crippen LogP contribution in [0.3, 0.4) is 0 Å². The first-order valence-corrected chi connectivity index (χ1v) is 12.4. The maximum Gasteiger partial charge on any atom is 0.272 e. The standard InChI is InChI=1S/C26H35N5O4/c1-26(25(34)28-19-11-6-4-5-7-12-19)17-31-21(24(33)30(26)2)16-20(29-31)23(32)27-15-14-18-10-8-9-13-22(18)35-3/h8-10,13,16,19H,4-7,11-12,14-15,17H2,1-3H3,(H,27,32)(H,28,34)/t26-/m0/s1. The summed E-state index contributed by atoms with van der Waals surface area (Å²) in [5.74, 6) is -0.0874. The van der Waals surface area contributed by atoms with Gasteiger partial charge in [-0.25, -0.2) is 0 Å². The number of carbonyl (C=O) groups is 3. The second-order valence-electron chi connectivity index (χ2n) is 9.69. The highest BCUT2D eigenvalue weighted by Crippen LogP contribution is 2.27. The number of nitrogens with one attached hydrogen (secondary N) is 2. The van der Waals surface area contributed by atoms with Crippen molar-refractivity contribution in [1.82, 2.24) is 25.3 Å². The van der Waals surface area contributed by atoms with Crippen molar-refractivity contribution < 1.29 is 19.1 Å². The number of methoxy groups -OCH3 is 1. The van der Waals surface area contributed by atoms with E-state index in [-0.39, 0.29) is 36.0 Å². The van der Waals surface area contributed by atoms with Crippen LogP contribution in [0.25, 0.3) is 0 Å². The number of fused-ring (bicyclic) bond motifs is 1. The lowest BCUT2D eigenvalue weighted by Gasteiger charge is -2.41. The first kappa shape index (κ1) is 24.8. The van der Waals surface area contributed by atoms with E-state index in [9.17, 15) is 14.4 Å². The van der Waals surface area contributed by atoms with Crippen LogP contribution in [0.2, 0.25) is 0 Å². The molecular formula is C26H35N5O4. The monoisotopic (exact) mass is 481 g/mol. The Hall–Kier alpha value is -3.36. The zero-order chi connectivity index (χ0) is 25.0. The van der Waals surface area contributed by atoms with Crippen molar-refractivity contribution >= 4 is 17.7 Å². The number of nitrogens with zero attached hydrogens (tertiary/aromatic N) is 3. The summed E-state index contributed by atoms with van der Waals surface area (Å²) in [6.07, 6.45) is 7.14. The lowest BCUT2D eigenvalue weighted by Crippen LogP contribution is -2.63. The number of amides is 3. The van der Waals surface area contributed by atoms with Gasteiger partial charge in [0, 0.05) is 25.7 Å². The summed E-state index contributed by atoms with van der Waals surface area (Å²) in [6.45, 7) is 2.35. The molecule has 0 saturated heterocycles. The van der Waals surface area contributed by atoms with Crippen molar-refractivity contribution in [2.24, 2.45) is 0 Å². The number of hydrogen-bond donors (Lipinski definition) is 2. The SMILES string of the molecule is COc1ccccc1CCNC(=O)c1cc2n(n1)C[C@@](C)(C(=O)NC1CCCCCC1)N(C)C2=O. The van der Waals surface area contributed by atoms with Crippen molar-refractivity contribution in [3.05, 3.63) is 47.3 Å². The third kappa shape index (κ3) is 5.18. The number of hydrogen-bond acceptors (Lipinski definition) is 5. The van der Waals surface area contributed by atoms with Gasteiger partial charge >= 0.3 is 0 Å². The molecule has 4 rings (SSSR count). The molecule has 1 aliphatic heterocycles. The van der Waals surface area contributed by atoms with Crippen LogP contribution in [-0.2, 0) is 17.8 Å². The van der Waals surface area contributed by atoms with Crippen LogP contribution < -0.4 is 15.4 Å². The van der Waals surface area contributed by atoms with Crippen molar-refractivity contribution in [2.45, 2.75) is 70.0 Å². The van der Waals surface area contributed by atoms with Crippen LogP contribution in [0.15, 0.2) is 30.3 Å². The summed E-state index contributed by atoms with van der Waals surface area (Å²) in [6, 6.07) is 9.29. The van der Waals surface area contributed by atoms with Crippen LogP contribution in [0.5, 0.6) is 5.75 Å². The molecule has 2 heterocycles. The first-order chi connectivity index (χ1) is 16.8. The predicted octanol–water partition coefficient (Wildman–Crippen LogP) is 2.55. The molecule has 0 spiro atoms. The third-order valence-electron chi connectivity index (χ3n) is 7.29. The normalized spacial score (nSPS) is 20.7. The lowest BCUT2D eigenvalue weighted by atomic mass is 9.95. The number of likely N-dealkylation sites (N-methyl/N-ethyl adjacent to an activating group) is 1. The third-order valence-corrected chi connectivity index (χ3v) is 7.29. The molecule has 188 valence electrons. The van der Waals surface area contributed by atoms with Crippen molar-refractivity contribution in [3.8, 4) is 5.75 Å². The van der Waals surface area contributed by atoms with E-state index in [1.54, 1.807) is 21.1 Å². The number of carbonyl (C=O) groups excluding carboxylic acids is 3. The topological polar surface area (TPSA) is 106 Å². The molecule has 1 aliphatic carbocycles. The molecule has 9 heteroatoms. The molecule has 2 aromatic rings. The Balaban J connectivity index is 1.42. The van der Waals surface area contributed by atoms with E-state index < -0.39 is 5.54 Å². The van der Waals surface area contributed by atoms with E-state index in [1.807, 2.05) is 24.3 Å². The fourth-order valence-electron chi connectivity index (χ4n) is 4.91. The van der Waals surface area contributed by atoms with Gasteiger partial charge in [0.05, 0.1) is 13.7 Å². The molecule has 0 unspecified atom stereocenters. The van der Waals surface area contributed by atoms with E-state index in [0.717, 1.165) is 37.0 Å². The Morgan fingerprint density at radius 1 is 1.17 bits per heavy atom. The zero-order valence-electron chi connectivity index (χ0n) is 20.8. The summed E-state index contributed by atoms with van der Waals surface area (Å²) < 4.78 is 6.84. The highest BCUT2D eigenvalue weighted by atomic mass is 16.5. The summed E-state index contributed by atoms with van der Waals surface area (Å²) in [5.41, 5.74) is 0.379. The number of ether oxygens (including phenoxy) is 1. The molecule has 2 N–H and O–H groups in total. The van der Waals surface area contributed by atoms with Gasteiger partial charge in [0.1, 0.15) is 17.0 Å². The Labute approximate surface area is 206 Å². The van der Waals surface area contributed by atoms with Crippen molar-refractivity contribution in [2.75, 3.05) is 20.7 Å². The van der Waals surface area contributed by atoms with Crippen LogP contribution >= 0.6 is 0 Å². The average Bonchev–Trinajstić information content (AvgIpc) is 3.11. The summed E-state index contributed by atoms with van der Waals surface area (Å²) in [5, 5.41) is 10.4. The summed E-state index contributed by atoms with van der Waals surface area (Å²) in [4.78, 5) is 40.7. The maximum absolute atomic E-state index is 13.3. The second-order valence-corrected chi connectivity index (χ2v) is 9.69. The Morgan fingerprint density at radius 3 is 2.60 bits per heavy atom. The van der Waals surface area contributed by atoms with E-state index in [0.29, 0.717) is 18.7 Å². The Bertz CT molecular complexity index is 1090. The van der Waals surface area contributed by atoms with Crippen LogP contribution in [0.4, 0.5) is 0 Å². The van der Waals surface area contributed by atoms with E-state index in [4.69, 9.17) is 4.74 Å². The van der Waals surface area contributed by atoms with E-state index in [2.05, 4.69) is 15.7 Å². The smallest absolute Gasteiger partial charge is 0.272 e. The van der Waals surface area contributed by atoms with Gasteiger partial charge in [-0.05, 0) is 37.8 Å². The second kappa shape index (κ2) is 10.5. The molecule has 9 nitrogen and oxygen atoms in total. The number of rotatable bonds is 7. The number of benzene rings is 1. The average molecular weight is 482 g/mol. The van der Waals surface area contributed by atoms with Crippen molar-refractivity contribution in [1.29, 1.82) is 0 Å².